The number of hydrogen-bond acceptors (Lipinski definition) is 6. The van der Waals surface area contributed by atoms with E-state index < -0.39 is 0 Å². The van der Waals surface area contributed by atoms with Crippen molar-refractivity contribution >= 4 is 23.6 Å². The zero-order valence-electron chi connectivity index (χ0n) is 15.8. The van der Waals surface area contributed by atoms with Crippen molar-refractivity contribution in [2.45, 2.75) is 26.2 Å². The molecule has 0 atom stereocenters. The van der Waals surface area contributed by atoms with Crippen molar-refractivity contribution in [3.05, 3.63) is 46.6 Å². The summed E-state index contributed by atoms with van der Waals surface area (Å²) in [7, 11) is 1.54. The van der Waals surface area contributed by atoms with Crippen LogP contribution in [0.4, 0.5) is 5.82 Å². The Kier molecular flexibility index (Phi) is 6.87. The summed E-state index contributed by atoms with van der Waals surface area (Å²) in [6.07, 6.45) is 5.03. The van der Waals surface area contributed by atoms with E-state index in [1.165, 1.54) is 7.11 Å². The quantitative estimate of drug-likeness (QED) is 0.527. The van der Waals surface area contributed by atoms with E-state index in [1.807, 2.05) is 31.2 Å². The van der Waals surface area contributed by atoms with Gasteiger partial charge in [-0.2, -0.15) is 0 Å². The number of oxime groups is 1. The Morgan fingerprint density at radius 2 is 2.04 bits per heavy atom. The van der Waals surface area contributed by atoms with E-state index in [0.29, 0.717) is 11.1 Å². The van der Waals surface area contributed by atoms with Gasteiger partial charge in [-0.15, -0.1) is 10.2 Å². The monoisotopic (exact) mass is 388 g/mol. The standard InChI is InChI=1S/C20H25ClN4O2/c1-15-13-17(14-22-26-2)3-4-18(15)27-12-9-16-7-10-25(11-8-16)20-6-5-19(21)23-24-20/h3-6,13-14,16H,7-12H2,1-2H3/b22-14+. The lowest BCUT2D eigenvalue weighted by atomic mass is 9.94. The Labute approximate surface area is 165 Å². The van der Waals surface area contributed by atoms with E-state index in [0.717, 1.165) is 61.7 Å². The molecule has 0 unspecified atom stereocenters. The first-order valence-electron chi connectivity index (χ1n) is 9.20. The molecule has 27 heavy (non-hydrogen) atoms. The average molecular weight is 389 g/mol. The van der Waals surface area contributed by atoms with Crippen LogP contribution in [-0.4, -0.2) is 43.2 Å². The topological polar surface area (TPSA) is 59.8 Å². The first kappa shape index (κ1) is 19.4. The normalized spacial score (nSPS) is 15.3. The lowest BCUT2D eigenvalue weighted by Crippen LogP contribution is -2.34. The molecule has 2 heterocycles. The van der Waals surface area contributed by atoms with Crippen molar-refractivity contribution in [1.29, 1.82) is 0 Å². The maximum atomic E-state index is 6.00. The third kappa shape index (κ3) is 5.57. The zero-order valence-corrected chi connectivity index (χ0v) is 16.5. The first-order chi connectivity index (χ1) is 13.2. The molecule has 0 radical (unpaired) electrons. The zero-order chi connectivity index (χ0) is 19.1. The van der Waals surface area contributed by atoms with Crippen molar-refractivity contribution in [1.82, 2.24) is 10.2 Å². The molecule has 3 rings (SSSR count). The van der Waals surface area contributed by atoms with Gasteiger partial charge < -0.3 is 14.5 Å². The number of aryl methyl sites for hydroxylation is 1. The Morgan fingerprint density at radius 1 is 1.22 bits per heavy atom. The van der Waals surface area contributed by atoms with Crippen LogP contribution in [-0.2, 0) is 4.84 Å². The van der Waals surface area contributed by atoms with Crippen LogP contribution in [0.1, 0.15) is 30.4 Å². The molecule has 1 saturated heterocycles. The van der Waals surface area contributed by atoms with E-state index in [4.69, 9.17) is 21.2 Å². The molecule has 0 bridgehead atoms. The summed E-state index contributed by atoms with van der Waals surface area (Å²) in [6, 6.07) is 9.75. The van der Waals surface area contributed by atoms with E-state index in [-0.39, 0.29) is 0 Å². The third-order valence-electron chi connectivity index (χ3n) is 4.85. The Hall–Kier alpha value is -2.34. The van der Waals surface area contributed by atoms with Gasteiger partial charge in [-0.1, -0.05) is 16.8 Å². The Balaban J connectivity index is 1.43. The highest BCUT2D eigenvalue weighted by Crippen LogP contribution is 2.25. The highest BCUT2D eigenvalue weighted by Gasteiger charge is 2.20. The molecule has 6 nitrogen and oxygen atoms in total. The largest absolute Gasteiger partial charge is 0.493 e. The van der Waals surface area contributed by atoms with E-state index in [9.17, 15) is 0 Å². The minimum Gasteiger partial charge on any atom is -0.493 e. The van der Waals surface area contributed by atoms with Gasteiger partial charge in [0.25, 0.3) is 0 Å². The van der Waals surface area contributed by atoms with Crippen LogP contribution < -0.4 is 9.64 Å². The second-order valence-electron chi connectivity index (χ2n) is 6.72. The molecule has 0 N–H and O–H groups in total. The molecule has 1 aliphatic rings. The molecule has 0 amide bonds. The molecule has 1 aromatic heterocycles. The fourth-order valence-electron chi connectivity index (χ4n) is 3.29. The van der Waals surface area contributed by atoms with Gasteiger partial charge in [-0.3, -0.25) is 0 Å². The highest BCUT2D eigenvalue weighted by atomic mass is 35.5. The number of aromatic nitrogens is 2. The molecular formula is C20H25ClN4O2. The number of piperidine rings is 1. The van der Waals surface area contributed by atoms with Gasteiger partial charge in [0.2, 0.25) is 0 Å². The number of halogens is 1. The van der Waals surface area contributed by atoms with Crippen LogP contribution in [0.5, 0.6) is 5.75 Å². The predicted molar refractivity (Wildman–Crippen MR) is 108 cm³/mol. The minimum atomic E-state index is 0.431. The van der Waals surface area contributed by atoms with E-state index in [1.54, 1.807) is 12.3 Å². The maximum absolute atomic E-state index is 6.00. The van der Waals surface area contributed by atoms with Crippen molar-refractivity contribution < 1.29 is 9.57 Å². The number of nitrogens with zero attached hydrogens (tertiary/aromatic N) is 4. The van der Waals surface area contributed by atoms with Gasteiger partial charge in [0.15, 0.2) is 11.0 Å². The Bertz CT molecular complexity index is 759. The van der Waals surface area contributed by atoms with Crippen molar-refractivity contribution in [3.63, 3.8) is 0 Å². The van der Waals surface area contributed by atoms with Crippen molar-refractivity contribution in [3.8, 4) is 5.75 Å². The van der Waals surface area contributed by atoms with Crippen LogP contribution >= 0.6 is 11.6 Å². The van der Waals surface area contributed by atoms with Gasteiger partial charge in [0.1, 0.15) is 12.9 Å². The fourth-order valence-corrected chi connectivity index (χ4v) is 3.39. The van der Waals surface area contributed by atoms with Gasteiger partial charge in [0.05, 0.1) is 12.8 Å². The SMILES string of the molecule is CO/N=C/c1ccc(OCCC2CCN(c3ccc(Cl)nn3)CC2)c(C)c1. The minimum absolute atomic E-state index is 0.431. The summed E-state index contributed by atoms with van der Waals surface area (Å²) in [5.74, 6) is 2.51. The van der Waals surface area contributed by atoms with Gasteiger partial charge in [-0.05, 0) is 73.6 Å². The van der Waals surface area contributed by atoms with Crippen LogP contribution in [0.2, 0.25) is 5.15 Å². The Morgan fingerprint density at radius 3 is 2.70 bits per heavy atom. The summed E-state index contributed by atoms with van der Waals surface area (Å²) >= 11 is 5.81. The molecule has 1 fully saturated rings. The lowest BCUT2D eigenvalue weighted by molar-refractivity contribution is 0.215. The second kappa shape index (κ2) is 9.55. The van der Waals surface area contributed by atoms with Crippen molar-refractivity contribution in [2.75, 3.05) is 31.7 Å². The molecule has 144 valence electrons. The average Bonchev–Trinajstić information content (AvgIpc) is 2.69. The van der Waals surface area contributed by atoms with Crippen LogP contribution in [0, 0.1) is 12.8 Å². The molecule has 0 saturated carbocycles. The van der Waals surface area contributed by atoms with Crippen LogP contribution in [0.3, 0.4) is 0 Å². The molecule has 7 heteroatoms. The summed E-state index contributed by atoms with van der Waals surface area (Å²) < 4.78 is 6.00. The van der Waals surface area contributed by atoms with Gasteiger partial charge in [-0.25, -0.2) is 0 Å². The van der Waals surface area contributed by atoms with E-state index >= 15 is 0 Å². The number of hydrogen-bond donors (Lipinski definition) is 0. The summed E-state index contributed by atoms with van der Waals surface area (Å²) in [4.78, 5) is 6.98. The summed E-state index contributed by atoms with van der Waals surface area (Å²) in [6.45, 7) is 4.77. The van der Waals surface area contributed by atoms with E-state index in [2.05, 4.69) is 20.3 Å². The predicted octanol–water partition coefficient (Wildman–Crippen LogP) is 4.10. The fraction of sp³-hybridized carbons (Fsp3) is 0.450. The second-order valence-corrected chi connectivity index (χ2v) is 7.11. The highest BCUT2D eigenvalue weighted by molar-refractivity contribution is 6.29. The molecular weight excluding hydrogens is 364 g/mol. The molecule has 1 aliphatic heterocycles. The molecule has 2 aromatic rings. The first-order valence-corrected chi connectivity index (χ1v) is 9.57. The maximum Gasteiger partial charge on any atom is 0.151 e. The molecule has 0 spiro atoms. The smallest absolute Gasteiger partial charge is 0.151 e. The summed E-state index contributed by atoms with van der Waals surface area (Å²) in [5.41, 5.74) is 2.10. The van der Waals surface area contributed by atoms with Gasteiger partial charge >= 0.3 is 0 Å². The number of rotatable bonds is 7. The lowest BCUT2D eigenvalue weighted by Gasteiger charge is -2.32. The van der Waals surface area contributed by atoms with Crippen LogP contribution in [0.15, 0.2) is 35.5 Å². The molecule has 0 aliphatic carbocycles. The van der Waals surface area contributed by atoms with Crippen molar-refractivity contribution in [2.24, 2.45) is 11.1 Å². The number of ether oxygens (including phenoxy) is 1. The number of anilines is 1. The number of benzene rings is 1. The van der Waals surface area contributed by atoms with Crippen LogP contribution in [0.25, 0.3) is 0 Å². The third-order valence-corrected chi connectivity index (χ3v) is 5.05. The summed E-state index contributed by atoms with van der Waals surface area (Å²) in [5, 5.41) is 12.3. The molecule has 1 aromatic carbocycles. The van der Waals surface area contributed by atoms with Gasteiger partial charge in [0, 0.05) is 13.1 Å².